The predicted octanol–water partition coefficient (Wildman–Crippen LogP) is 15.8. The number of hydrogen-bond acceptors (Lipinski definition) is 2. The molecule has 0 bridgehead atoms. The van der Waals surface area contributed by atoms with Gasteiger partial charge in [-0.3, -0.25) is 0 Å². The molecule has 4 heteroatoms. The lowest BCUT2D eigenvalue weighted by molar-refractivity contribution is 0.635. The van der Waals surface area contributed by atoms with E-state index in [1.807, 2.05) is 41.7 Å². The van der Waals surface area contributed by atoms with Gasteiger partial charge < -0.3 is 9.47 Å². The van der Waals surface area contributed by atoms with Crippen molar-refractivity contribution < 1.29 is 4.39 Å². The summed E-state index contributed by atoms with van der Waals surface area (Å²) >= 11 is 1.87. The Morgan fingerprint density at radius 2 is 0.862 bits per heavy atom. The molecule has 58 heavy (non-hydrogen) atoms. The number of para-hydroxylation sites is 4. The van der Waals surface area contributed by atoms with Gasteiger partial charge in [-0.25, -0.2) is 4.39 Å². The Hall–Kier alpha value is -7.27. The molecular formula is C54H35FN2S. The summed E-state index contributed by atoms with van der Waals surface area (Å²) < 4.78 is 20.7. The van der Waals surface area contributed by atoms with Gasteiger partial charge in [-0.1, -0.05) is 164 Å². The highest BCUT2D eigenvalue weighted by molar-refractivity contribution is 7.26. The average molecular weight is 763 g/mol. The third-order valence-corrected chi connectivity index (χ3v) is 12.6. The van der Waals surface area contributed by atoms with Crippen molar-refractivity contribution in [2.24, 2.45) is 0 Å². The van der Waals surface area contributed by atoms with Crippen LogP contribution in [0.1, 0.15) is 0 Å². The van der Waals surface area contributed by atoms with Crippen LogP contribution in [0.25, 0.3) is 81.0 Å². The summed E-state index contributed by atoms with van der Waals surface area (Å²) in [6, 6.07) is 73.9. The van der Waals surface area contributed by atoms with Gasteiger partial charge in [0.15, 0.2) is 0 Å². The molecular weight excluding hydrogens is 728 g/mol. The standard InChI is InChI=1S/C54H35FN2S/c55-48-24-13-21-45-44-18-7-8-25-49(44)57(52(45)48)51-27-10-9-26-50(51)56(40-32-28-37(29-33-40)36-14-3-1-4-15-36)41-34-30-39(31-35-41)43-20-12-23-47-46-22-11-19-42(53(46)58-54(43)47)38-16-5-2-6-17-38/h1-35H. The molecule has 0 amide bonds. The van der Waals surface area contributed by atoms with Crippen molar-refractivity contribution >= 4 is 70.4 Å². The number of anilines is 3. The maximum absolute atomic E-state index is 16.0. The van der Waals surface area contributed by atoms with Crippen LogP contribution >= 0.6 is 11.3 Å². The molecule has 0 aliphatic carbocycles. The lowest BCUT2D eigenvalue weighted by atomic mass is 10.00. The Morgan fingerprint density at radius 1 is 0.379 bits per heavy atom. The predicted molar refractivity (Wildman–Crippen MR) is 245 cm³/mol. The highest BCUT2D eigenvalue weighted by Gasteiger charge is 2.22. The first kappa shape index (κ1) is 34.0. The zero-order valence-corrected chi connectivity index (χ0v) is 32.2. The normalized spacial score (nSPS) is 11.5. The van der Waals surface area contributed by atoms with Gasteiger partial charge in [-0.2, -0.15) is 0 Å². The second-order valence-electron chi connectivity index (χ2n) is 14.6. The Balaban J connectivity index is 1.08. The Bertz CT molecular complexity index is 3270. The number of aromatic nitrogens is 1. The molecule has 2 aromatic heterocycles. The van der Waals surface area contributed by atoms with E-state index in [2.05, 4.69) is 179 Å². The van der Waals surface area contributed by atoms with Crippen molar-refractivity contribution in [2.45, 2.75) is 0 Å². The molecule has 0 aliphatic heterocycles. The molecule has 0 aliphatic rings. The van der Waals surface area contributed by atoms with Crippen LogP contribution in [0.4, 0.5) is 21.5 Å². The van der Waals surface area contributed by atoms with Crippen LogP contribution in [0.15, 0.2) is 212 Å². The summed E-state index contributed by atoms with van der Waals surface area (Å²) in [4.78, 5) is 2.29. The molecule has 0 radical (unpaired) electrons. The molecule has 0 saturated carbocycles. The fourth-order valence-corrected chi connectivity index (χ4v) is 9.98. The Morgan fingerprint density at radius 3 is 1.53 bits per heavy atom. The number of hydrogen-bond donors (Lipinski definition) is 0. The largest absolute Gasteiger partial charge is 0.308 e. The molecule has 2 nitrogen and oxygen atoms in total. The van der Waals surface area contributed by atoms with Gasteiger partial charge in [0.1, 0.15) is 5.82 Å². The van der Waals surface area contributed by atoms with Crippen LogP contribution in [0.5, 0.6) is 0 Å². The molecule has 2 heterocycles. The molecule has 0 spiro atoms. The first-order chi connectivity index (χ1) is 28.7. The van der Waals surface area contributed by atoms with E-state index in [1.54, 1.807) is 12.1 Å². The second kappa shape index (κ2) is 14.0. The number of nitrogens with zero attached hydrogens (tertiary/aromatic N) is 2. The van der Waals surface area contributed by atoms with E-state index in [4.69, 9.17) is 0 Å². The maximum Gasteiger partial charge on any atom is 0.147 e. The van der Waals surface area contributed by atoms with E-state index in [0.29, 0.717) is 5.52 Å². The van der Waals surface area contributed by atoms with E-state index in [9.17, 15) is 0 Å². The van der Waals surface area contributed by atoms with Crippen LogP contribution in [0.3, 0.4) is 0 Å². The minimum atomic E-state index is -0.252. The molecule has 0 unspecified atom stereocenters. The quantitative estimate of drug-likeness (QED) is 0.157. The number of halogens is 1. The molecule has 274 valence electrons. The molecule has 0 saturated heterocycles. The molecule has 0 fully saturated rings. The summed E-state index contributed by atoms with van der Waals surface area (Å²) in [5.41, 5.74) is 12.5. The molecule has 0 atom stereocenters. The summed E-state index contributed by atoms with van der Waals surface area (Å²) in [5, 5.41) is 4.45. The number of thiophene rings is 1. The van der Waals surface area contributed by atoms with Crippen molar-refractivity contribution in [3.8, 4) is 39.1 Å². The second-order valence-corrected chi connectivity index (χ2v) is 15.6. The average Bonchev–Trinajstić information content (AvgIpc) is 3.85. The van der Waals surface area contributed by atoms with E-state index >= 15 is 4.39 Å². The fourth-order valence-electron chi connectivity index (χ4n) is 8.61. The fraction of sp³-hybridized carbons (Fsp3) is 0. The molecule has 11 rings (SSSR count). The summed E-state index contributed by atoms with van der Waals surface area (Å²) in [7, 11) is 0. The molecule has 9 aromatic carbocycles. The van der Waals surface area contributed by atoms with Gasteiger partial charge in [-0.15, -0.1) is 11.3 Å². The van der Waals surface area contributed by atoms with E-state index in [-0.39, 0.29) is 5.82 Å². The minimum absolute atomic E-state index is 0.252. The molecule has 0 N–H and O–H groups in total. The smallest absolute Gasteiger partial charge is 0.147 e. The Kier molecular flexibility index (Phi) is 8.23. The summed E-state index contributed by atoms with van der Waals surface area (Å²) in [6.45, 7) is 0. The first-order valence-electron chi connectivity index (χ1n) is 19.5. The van der Waals surface area contributed by atoms with Gasteiger partial charge in [-0.05, 0) is 81.9 Å². The number of rotatable bonds is 7. The van der Waals surface area contributed by atoms with Gasteiger partial charge in [0.05, 0.1) is 22.4 Å². The SMILES string of the molecule is Fc1cccc2c3ccccc3n(-c3ccccc3N(c3ccc(-c4ccccc4)cc3)c3ccc(-c4cccc5c4sc4c(-c6ccccc6)cccc45)cc3)c12. The topological polar surface area (TPSA) is 8.17 Å². The van der Waals surface area contributed by atoms with E-state index in [0.717, 1.165) is 55.7 Å². The van der Waals surface area contributed by atoms with Crippen molar-refractivity contribution in [3.63, 3.8) is 0 Å². The zero-order chi connectivity index (χ0) is 38.6. The first-order valence-corrected chi connectivity index (χ1v) is 20.4. The van der Waals surface area contributed by atoms with Gasteiger partial charge in [0, 0.05) is 42.3 Å². The van der Waals surface area contributed by atoms with E-state index in [1.165, 1.54) is 36.9 Å². The van der Waals surface area contributed by atoms with Crippen LogP contribution in [-0.2, 0) is 0 Å². The lowest BCUT2D eigenvalue weighted by Gasteiger charge is -2.28. The van der Waals surface area contributed by atoms with Crippen LogP contribution in [0.2, 0.25) is 0 Å². The van der Waals surface area contributed by atoms with Crippen LogP contribution in [0, 0.1) is 5.82 Å². The zero-order valence-electron chi connectivity index (χ0n) is 31.4. The van der Waals surface area contributed by atoms with Crippen molar-refractivity contribution in [1.82, 2.24) is 4.57 Å². The van der Waals surface area contributed by atoms with Crippen molar-refractivity contribution in [2.75, 3.05) is 4.90 Å². The highest BCUT2D eigenvalue weighted by Crippen LogP contribution is 2.46. The maximum atomic E-state index is 16.0. The van der Waals surface area contributed by atoms with Crippen LogP contribution in [-0.4, -0.2) is 4.57 Å². The van der Waals surface area contributed by atoms with Crippen LogP contribution < -0.4 is 4.90 Å². The van der Waals surface area contributed by atoms with Gasteiger partial charge >= 0.3 is 0 Å². The lowest BCUT2D eigenvalue weighted by Crippen LogP contribution is -2.13. The van der Waals surface area contributed by atoms with Crippen molar-refractivity contribution in [3.05, 3.63) is 218 Å². The third kappa shape index (κ3) is 5.61. The monoisotopic (exact) mass is 762 g/mol. The summed E-state index contributed by atoms with van der Waals surface area (Å²) in [5.74, 6) is -0.252. The highest BCUT2D eigenvalue weighted by atomic mass is 32.1. The van der Waals surface area contributed by atoms with E-state index < -0.39 is 0 Å². The number of benzene rings is 9. The van der Waals surface area contributed by atoms with Gasteiger partial charge in [0.25, 0.3) is 0 Å². The van der Waals surface area contributed by atoms with Crippen molar-refractivity contribution in [1.29, 1.82) is 0 Å². The summed E-state index contributed by atoms with van der Waals surface area (Å²) in [6.07, 6.45) is 0. The minimum Gasteiger partial charge on any atom is -0.308 e. The number of fused-ring (bicyclic) bond motifs is 6. The van der Waals surface area contributed by atoms with Gasteiger partial charge in [0.2, 0.25) is 0 Å². The molecule has 11 aromatic rings. The third-order valence-electron chi connectivity index (χ3n) is 11.3. The Labute approximate surface area is 339 Å².